The molecular weight excluding hydrogens is 422 g/mol. The normalized spacial score (nSPS) is 12.5. The lowest BCUT2D eigenvalue weighted by atomic mass is 9.86. The molecule has 0 bridgehead atoms. The summed E-state index contributed by atoms with van der Waals surface area (Å²) in [6.07, 6.45) is 0. The first-order chi connectivity index (χ1) is 16.6. The van der Waals surface area contributed by atoms with Gasteiger partial charge in [0.2, 0.25) is 0 Å². The number of benzene rings is 4. The van der Waals surface area contributed by atoms with Gasteiger partial charge in [-0.15, -0.1) is 0 Å². The highest BCUT2D eigenvalue weighted by atomic mass is 15.0. The minimum atomic E-state index is 0.165. The van der Waals surface area contributed by atoms with Gasteiger partial charge in [0.05, 0.1) is 0 Å². The van der Waals surface area contributed by atoms with Crippen LogP contribution in [0.15, 0.2) is 84.9 Å². The number of fused-ring (bicyclic) bond motifs is 3. The number of aromatic nitrogens is 1. The zero-order valence-corrected chi connectivity index (χ0v) is 22.2. The smallest absolute Gasteiger partial charge is 0.0491 e. The van der Waals surface area contributed by atoms with Crippen LogP contribution in [0.1, 0.15) is 59.6 Å². The molecule has 0 radical (unpaired) electrons. The third-order valence-electron chi connectivity index (χ3n) is 7.35. The third-order valence-corrected chi connectivity index (χ3v) is 7.35. The predicted molar refractivity (Wildman–Crippen MR) is 153 cm³/mol. The van der Waals surface area contributed by atoms with Gasteiger partial charge in [0, 0.05) is 28.4 Å². The Morgan fingerprint density at radius 1 is 0.486 bits per heavy atom. The van der Waals surface area contributed by atoms with Crippen molar-refractivity contribution in [2.75, 3.05) is 0 Å². The van der Waals surface area contributed by atoms with E-state index < -0.39 is 0 Å². The van der Waals surface area contributed by atoms with Gasteiger partial charge in [0.25, 0.3) is 0 Å². The lowest BCUT2D eigenvalue weighted by molar-refractivity contribution is 0.590. The summed E-state index contributed by atoms with van der Waals surface area (Å²) in [7, 11) is 0. The average Bonchev–Trinajstić information content (AvgIpc) is 3.15. The van der Waals surface area contributed by atoms with Gasteiger partial charge in [-0.1, -0.05) is 102 Å². The summed E-state index contributed by atoms with van der Waals surface area (Å²) in [5, 5.41) is 2.65. The van der Waals surface area contributed by atoms with Crippen LogP contribution in [0.5, 0.6) is 0 Å². The summed E-state index contributed by atoms with van der Waals surface area (Å²) in [6.45, 7) is 16.8. The lowest BCUT2D eigenvalue weighted by Crippen LogP contribution is -2.10. The first kappa shape index (κ1) is 23.4. The van der Waals surface area contributed by atoms with Gasteiger partial charge in [-0.3, -0.25) is 0 Å². The van der Waals surface area contributed by atoms with Crippen LogP contribution in [0.25, 0.3) is 44.1 Å². The highest BCUT2D eigenvalue weighted by Crippen LogP contribution is 2.36. The van der Waals surface area contributed by atoms with E-state index in [-0.39, 0.29) is 10.8 Å². The number of hydrogen-bond acceptors (Lipinski definition) is 0. The molecule has 4 aromatic carbocycles. The van der Waals surface area contributed by atoms with Crippen LogP contribution in [0.2, 0.25) is 0 Å². The van der Waals surface area contributed by atoms with Crippen molar-refractivity contribution in [1.82, 2.24) is 4.57 Å². The molecule has 178 valence electrons. The minimum Gasteiger partial charge on any atom is -0.341 e. The topological polar surface area (TPSA) is 4.93 Å². The number of nitrogens with zero attached hydrogens (tertiary/aromatic N) is 1. The summed E-state index contributed by atoms with van der Waals surface area (Å²) in [4.78, 5) is 0. The maximum atomic E-state index is 2.43. The highest BCUT2D eigenvalue weighted by molar-refractivity contribution is 6.10. The molecule has 0 saturated carbocycles. The van der Waals surface area contributed by atoms with Crippen molar-refractivity contribution in [3.05, 3.63) is 96.1 Å². The average molecular weight is 460 g/mol. The van der Waals surface area contributed by atoms with E-state index in [4.69, 9.17) is 0 Å². The van der Waals surface area contributed by atoms with E-state index in [9.17, 15) is 0 Å². The van der Waals surface area contributed by atoms with Gasteiger partial charge < -0.3 is 4.57 Å². The fourth-order valence-electron chi connectivity index (χ4n) is 5.13. The Bertz CT molecular complexity index is 1380. The second-order valence-corrected chi connectivity index (χ2v) is 11.9. The van der Waals surface area contributed by atoms with Crippen LogP contribution < -0.4 is 0 Å². The van der Waals surface area contributed by atoms with Crippen LogP contribution in [0.3, 0.4) is 0 Å². The third kappa shape index (κ3) is 4.29. The van der Waals surface area contributed by atoms with E-state index >= 15 is 0 Å². The Labute approximate surface area is 210 Å². The van der Waals surface area contributed by atoms with Crippen LogP contribution in [-0.2, 0) is 17.4 Å². The Kier molecular flexibility index (Phi) is 5.63. The molecule has 0 aliphatic carbocycles. The first-order valence-corrected chi connectivity index (χ1v) is 12.8. The van der Waals surface area contributed by atoms with Crippen molar-refractivity contribution >= 4 is 21.8 Å². The molecule has 5 rings (SSSR count). The molecule has 0 aliphatic heterocycles. The molecule has 1 aromatic heterocycles. The molecule has 35 heavy (non-hydrogen) atoms. The standard InChI is InChI=1S/C34H37N/c1-8-35-31-19-13-25(23-9-15-27(16-10-23)33(2,3)4)21-29(31)30-22-26(14-20-32(30)35)24-11-17-28(18-12-24)34(5,6)7/h9-22H,8H2,1-7H3. The van der Waals surface area contributed by atoms with Crippen LogP contribution in [0.4, 0.5) is 0 Å². The maximum absolute atomic E-state index is 2.43. The Morgan fingerprint density at radius 3 is 1.14 bits per heavy atom. The van der Waals surface area contributed by atoms with Gasteiger partial charge in [0.15, 0.2) is 0 Å². The zero-order chi connectivity index (χ0) is 25.0. The Hall–Kier alpha value is -3.32. The van der Waals surface area contributed by atoms with Crippen LogP contribution >= 0.6 is 0 Å². The monoisotopic (exact) mass is 459 g/mol. The summed E-state index contributed by atoms with van der Waals surface area (Å²) in [5.74, 6) is 0. The SMILES string of the molecule is CCn1c2ccc(-c3ccc(C(C)(C)C)cc3)cc2c2cc(-c3ccc(C(C)(C)C)cc3)ccc21. The van der Waals surface area contributed by atoms with E-state index in [1.54, 1.807) is 0 Å². The molecule has 0 atom stereocenters. The Balaban J connectivity index is 1.63. The molecule has 0 saturated heterocycles. The second kappa shape index (κ2) is 8.41. The van der Waals surface area contributed by atoms with E-state index in [0.29, 0.717) is 0 Å². The van der Waals surface area contributed by atoms with Crippen molar-refractivity contribution in [2.45, 2.75) is 65.8 Å². The molecule has 0 spiro atoms. The van der Waals surface area contributed by atoms with E-state index in [1.165, 1.54) is 55.2 Å². The zero-order valence-electron chi connectivity index (χ0n) is 22.2. The highest BCUT2D eigenvalue weighted by Gasteiger charge is 2.16. The lowest BCUT2D eigenvalue weighted by Gasteiger charge is -2.19. The summed E-state index contributed by atoms with van der Waals surface area (Å²) in [5.41, 5.74) is 10.8. The van der Waals surface area contributed by atoms with E-state index in [0.717, 1.165) is 6.54 Å². The number of hydrogen-bond donors (Lipinski definition) is 0. The molecule has 0 N–H and O–H groups in total. The van der Waals surface area contributed by atoms with Crippen molar-refractivity contribution in [1.29, 1.82) is 0 Å². The molecule has 0 unspecified atom stereocenters. The second-order valence-electron chi connectivity index (χ2n) is 11.9. The minimum absolute atomic E-state index is 0.165. The molecule has 1 heterocycles. The largest absolute Gasteiger partial charge is 0.341 e. The molecule has 1 nitrogen and oxygen atoms in total. The summed E-state index contributed by atoms with van der Waals surface area (Å²) < 4.78 is 2.43. The molecule has 0 aliphatic rings. The van der Waals surface area contributed by atoms with Crippen molar-refractivity contribution in [3.63, 3.8) is 0 Å². The van der Waals surface area contributed by atoms with Crippen LogP contribution in [-0.4, -0.2) is 4.57 Å². The van der Waals surface area contributed by atoms with E-state index in [1.807, 2.05) is 0 Å². The fraction of sp³-hybridized carbons (Fsp3) is 0.294. The molecule has 1 heteroatoms. The quantitative estimate of drug-likeness (QED) is 0.253. The first-order valence-electron chi connectivity index (χ1n) is 12.8. The predicted octanol–water partition coefficient (Wildman–Crippen LogP) is 9.74. The molecular formula is C34H37N. The summed E-state index contributed by atoms with van der Waals surface area (Å²) in [6, 6.07) is 32.0. The van der Waals surface area contributed by atoms with Crippen LogP contribution in [0, 0.1) is 0 Å². The Morgan fingerprint density at radius 2 is 0.829 bits per heavy atom. The van der Waals surface area contributed by atoms with Gasteiger partial charge >= 0.3 is 0 Å². The molecule has 0 amide bonds. The number of aryl methyl sites for hydroxylation is 1. The van der Waals surface area contributed by atoms with Crippen molar-refractivity contribution in [3.8, 4) is 22.3 Å². The van der Waals surface area contributed by atoms with Gasteiger partial charge in [-0.25, -0.2) is 0 Å². The molecule has 0 fully saturated rings. The van der Waals surface area contributed by atoms with Gasteiger partial charge in [0.1, 0.15) is 0 Å². The summed E-state index contributed by atoms with van der Waals surface area (Å²) >= 11 is 0. The van der Waals surface area contributed by atoms with Crippen molar-refractivity contribution in [2.24, 2.45) is 0 Å². The van der Waals surface area contributed by atoms with Gasteiger partial charge in [-0.2, -0.15) is 0 Å². The maximum Gasteiger partial charge on any atom is 0.0491 e. The van der Waals surface area contributed by atoms with Crippen molar-refractivity contribution < 1.29 is 0 Å². The van der Waals surface area contributed by atoms with Gasteiger partial charge in [-0.05, 0) is 75.4 Å². The number of rotatable bonds is 3. The van der Waals surface area contributed by atoms with E-state index in [2.05, 4.69) is 138 Å². The molecule has 5 aromatic rings. The fourth-order valence-corrected chi connectivity index (χ4v) is 5.13.